The summed E-state index contributed by atoms with van der Waals surface area (Å²) in [6.45, 7) is 4.44. The fourth-order valence-corrected chi connectivity index (χ4v) is 11.2. The van der Waals surface area contributed by atoms with Crippen LogP contribution < -0.4 is 6.23 Å². The molecular weight excluding hydrogens is 890 g/mol. The Balaban J connectivity index is 1.09. The molecular formula is C43H30I2N4S2. The summed E-state index contributed by atoms with van der Waals surface area (Å²) >= 11 is 8.22. The maximum atomic E-state index is 9.98. The molecule has 0 unspecified atom stereocenters. The monoisotopic (exact) mass is 920 g/mol. The van der Waals surface area contributed by atoms with E-state index in [0.29, 0.717) is 5.92 Å². The molecule has 0 aliphatic rings. The SMILES string of the molecule is CC(C)c1ccc(N(I)c2ccc(CCc3ccc(N(I)c4cccc5c4sc4c(C#N)cccc45)cc3)c3c2sc2c(C#N)cccc23)cc1. The largest absolute Gasteiger partial charge is 0.282 e. The molecule has 6 aromatic carbocycles. The zero-order valence-corrected chi connectivity index (χ0v) is 33.8. The van der Waals surface area contributed by atoms with Crippen LogP contribution in [0.15, 0.2) is 115 Å². The van der Waals surface area contributed by atoms with Crippen molar-refractivity contribution in [1.82, 2.24) is 0 Å². The van der Waals surface area contributed by atoms with Gasteiger partial charge in [-0.05, 0) is 84.0 Å². The van der Waals surface area contributed by atoms with Crippen molar-refractivity contribution in [2.45, 2.75) is 32.6 Å². The third-order valence-electron chi connectivity index (χ3n) is 9.51. The second-order valence-electron chi connectivity index (χ2n) is 12.9. The van der Waals surface area contributed by atoms with Crippen LogP contribution in [0.3, 0.4) is 0 Å². The van der Waals surface area contributed by atoms with Gasteiger partial charge < -0.3 is 0 Å². The van der Waals surface area contributed by atoms with Gasteiger partial charge >= 0.3 is 0 Å². The Morgan fingerprint density at radius 3 is 1.73 bits per heavy atom. The number of hydrogen-bond acceptors (Lipinski definition) is 6. The molecule has 8 rings (SSSR count). The van der Waals surface area contributed by atoms with E-state index in [2.05, 4.69) is 169 Å². The van der Waals surface area contributed by atoms with Crippen molar-refractivity contribution in [3.63, 3.8) is 0 Å². The number of nitriles is 2. The van der Waals surface area contributed by atoms with Gasteiger partial charge in [0.2, 0.25) is 0 Å². The van der Waals surface area contributed by atoms with Gasteiger partial charge in [-0.1, -0.05) is 80.6 Å². The molecule has 248 valence electrons. The zero-order chi connectivity index (χ0) is 35.2. The van der Waals surface area contributed by atoms with Crippen LogP contribution in [0.5, 0.6) is 0 Å². The van der Waals surface area contributed by atoms with Gasteiger partial charge in [-0.15, -0.1) is 22.7 Å². The van der Waals surface area contributed by atoms with Gasteiger partial charge in [0.15, 0.2) is 0 Å². The van der Waals surface area contributed by atoms with Crippen LogP contribution in [0.1, 0.15) is 47.6 Å². The molecule has 2 heterocycles. The van der Waals surface area contributed by atoms with Gasteiger partial charge in [0, 0.05) is 21.5 Å². The first kappa shape index (κ1) is 33.9. The Morgan fingerprint density at radius 2 is 1.10 bits per heavy atom. The Morgan fingerprint density at radius 1 is 0.569 bits per heavy atom. The summed E-state index contributed by atoms with van der Waals surface area (Å²) in [4.78, 5) is 0. The average Bonchev–Trinajstić information content (AvgIpc) is 3.76. The Hall–Kier alpha value is -4.20. The topological polar surface area (TPSA) is 54.1 Å². The van der Waals surface area contributed by atoms with Gasteiger partial charge in [0.25, 0.3) is 0 Å². The minimum Gasteiger partial charge on any atom is -0.282 e. The molecule has 0 amide bonds. The predicted octanol–water partition coefficient (Wildman–Crippen LogP) is 14.1. The Labute approximate surface area is 333 Å². The molecule has 0 saturated carbocycles. The summed E-state index contributed by atoms with van der Waals surface area (Å²) in [6.07, 6.45) is 1.79. The van der Waals surface area contributed by atoms with Crippen molar-refractivity contribution < 1.29 is 0 Å². The molecule has 0 spiro atoms. The van der Waals surface area contributed by atoms with E-state index in [-0.39, 0.29) is 0 Å². The first-order valence-electron chi connectivity index (χ1n) is 16.7. The summed E-state index contributed by atoms with van der Waals surface area (Å²) < 4.78 is 8.93. The number of fused-ring (bicyclic) bond motifs is 6. The number of nitrogens with zero attached hydrogens (tertiary/aromatic N) is 4. The zero-order valence-electron chi connectivity index (χ0n) is 27.8. The fraction of sp³-hybridized carbons (Fsp3) is 0.116. The molecule has 0 N–H and O–H groups in total. The Bertz CT molecular complexity index is 2680. The predicted molar refractivity (Wildman–Crippen MR) is 235 cm³/mol. The molecule has 4 nitrogen and oxygen atoms in total. The lowest BCUT2D eigenvalue weighted by Gasteiger charge is -2.20. The number of hydrogen-bond donors (Lipinski definition) is 0. The number of aryl methyl sites for hydroxylation is 2. The number of benzene rings is 6. The molecule has 0 atom stereocenters. The van der Waals surface area contributed by atoms with Crippen LogP contribution in [0.25, 0.3) is 40.3 Å². The standard InChI is InChI=1S/C43H30I2N4S2/c1-26(2)28-16-21-33(22-17-28)49(45)38-23-18-29(39-36-10-4-7-31(25-47)41(36)51-43(38)39)15-12-27-13-19-32(20-14-27)48(44)37-11-5-9-35-34-8-3-6-30(24-46)40(34)50-42(35)37/h3-11,13-14,16-23,26H,12,15H2,1-2H3. The van der Waals surface area contributed by atoms with E-state index in [0.717, 1.165) is 66.9 Å². The van der Waals surface area contributed by atoms with Gasteiger partial charge in [-0.25, -0.2) is 0 Å². The highest BCUT2D eigenvalue weighted by molar-refractivity contribution is 14.1. The molecule has 0 fully saturated rings. The summed E-state index contributed by atoms with van der Waals surface area (Å²) in [6, 6.07) is 45.5. The third kappa shape index (κ3) is 6.12. The smallest absolute Gasteiger partial charge is 0.101 e. The molecule has 2 aromatic heterocycles. The maximum absolute atomic E-state index is 9.98. The average molecular weight is 921 g/mol. The third-order valence-corrected chi connectivity index (χ3v) is 14.2. The molecule has 0 aliphatic heterocycles. The van der Waals surface area contributed by atoms with E-state index < -0.39 is 0 Å². The van der Waals surface area contributed by atoms with Crippen LogP contribution in [0.4, 0.5) is 22.7 Å². The lowest BCUT2D eigenvalue weighted by molar-refractivity contribution is 0.867. The molecule has 0 saturated heterocycles. The van der Waals surface area contributed by atoms with E-state index in [9.17, 15) is 10.5 Å². The van der Waals surface area contributed by atoms with Crippen LogP contribution in [-0.2, 0) is 12.8 Å². The first-order chi connectivity index (χ1) is 24.9. The highest BCUT2D eigenvalue weighted by atomic mass is 127. The second kappa shape index (κ2) is 14.1. The lowest BCUT2D eigenvalue weighted by Crippen LogP contribution is -2.03. The number of thiophene rings is 2. The van der Waals surface area contributed by atoms with Gasteiger partial charge in [0.1, 0.15) is 12.1 Å². The van der Waals surface area contributed by atoms with Crippen LogP contribution in [0, 0.1) is 22.7 Å². The maximum Gasteiger partial charge on any atom is 0.101 e. The van der Waals surface area contributed by atoms with Gasteiger partial charge in [-0.3, -0.25) is 6.23 Å². The van der Waals surface area contributed by atoms with Gasteiger partial charge in [-0.2, -0.15) is 10.5 Å². The lowest BCUT2D eigenvalue weighted by atomic mass is 9.98. The molecule has 8 aromatic rings. The molecule has 0 radical (unpaired) electrons. The van der Waals surface area contributed by atoms with Crippen molar-refractivity contribution in [3.05, 3.63) is 143 Å². The van der Waals surface area contributed by atoms with Crippen molar-refractivity contribution in [3.8, 4) is 12.1 Å². The molecule has 8 heteroatoms. The van der Waals surface area contributed by atoms with E-state index in [4.69, 9.17) is 0 Å². The second-order valence-corrected chi connectivity index (χ2v) is 16.8. The Kier molecular flexibility index (Phi) is 9.36. The molecule has 51 heavy (non-hydrogen) atoms. The quantitative estimate of drug-likeness (QED) is 0.113. The summed E-state index contributed by atoms with van der Waals surface area (Å²) in [5.74, 6) is 0.484. The number of rotatable bonds is 8. The van der Waals surface area contributed by atoms with Crippen molar-refractivity contribution in [1.29, 1.82) is 10.5 Å². The highest BCUT2D eigenvalue weighted by Gasteiger charge is 2.20. The van der Waals surface area contributed by atoms with E-state index in [1.165, 1.54) is 36.9 Å². The van der Waals surface area contributed by atoms with E-state index >= 15 is 0 Å². The van der Waals surface area contributed by atoms with Crippen molar-refractivity contribution in [2.75, 3.05) is 6.23 Å². The van der Waals surface area contributed by atoms with Gasteiger partial charge in [0.05, 0.1) is 98.4 Å². The minimum atomic E-state index is 0.484. The van der Waals surface area contributed by atoms with E-state index in [1.807, 2.05) is 24.3 Å². The fourth-order valence-electron chi connectivity index (χ4n) is 6.80. The molecule has 0 bridgehead atoms. The summed E-state index contributed by atoms with van der Waals surface area (Å²) in [7, 11) is 0. The molecule has 0 aliphatic carbocycles. The number of halogens is 2. The van der Waals surface area contributed by atoms with Crippen LogP contribution in [0.2, 0.25) is 0 Å². The summed E-state index contributed by atoms with van der Waals surface area (Å²) in [5, 5.41) is 24.4. The summed E-state index contributed by atoms with van der Waals surface area (Å²) in [5.41, 5.74) is 9.84. The van der Waals surface area contributed by atoms with E-state index in [1.54, 1.807) is 22.7 Å². The number of anilines is 4. The van der Waals surface area contributed by atoms with Crippen molar-refractivity contribution in [2.24, 2.45) is 0 Å². The van der Waals surface area contributed by atoms with Crippen molar-refractivity contribution >= 4 is 131 Å². The van der Waals surface area contributed by atoms with Crippen LogP contribution in [-0.4, -0.2) is 0 Å². The highest BCUT2D eigenvalue weighted by Crippen LogP contribution is 2.47. The first-order valence-corrected chi connectivity index (χ1v) is 20.2. The normalized spacial score (nSPS) is 11.4. The minimum absolute atomic E-state index is 0.484. The van der Waals surface area contributed by atoms with Crippen LogP contribution >= 0.6 is 68.4 Å².